The molecule has 4 heteroatoms. The van der Waals surface area contributed by atoms with E-state index in [9.17, 15) is 0 Å². The van der Waals surface area contributed by atoms with Gasteiger partial charge in [0, 0.05) is 4.47 Å². The van der Waals surface area contributed by atoms with Gasteiger partial charge in [-0.2, -0.15) is 0 Å². The predicted molar refractivity (Wildman–Crippen MR) is 148 cm³/mol. The first-order valence-corrected chi connectivity index (χ1v) is 12.4. The lowest BCUT2D eigenvalue weighted by atomic mass is 9.98. The zero-order valence-corrected chi connectivity index (χ0v) is 20.4. The van der Waals surface area contributed by atoms with Crippen molar-refractivity contribution in [3.63, 3.8) is 0 Å². The number of imidazole rings is 2. The van der Waals surface area contributed by atoms with Gasteiger partial charge in [-0.05, 0) is 70.8 Å². The predicted octanol–water partition coefficient (Wildman–Crippen LogP) is 8.53. The van der Waals surface area contributed by atoms with E-state index in [0.29, 0.717) is 0 Å². The summed E-state index contributed by atoms with van der Waals surface area (Å²) in [5.74, 6) is 0.906. The summed E-state index contributed by atoms with van der Waals surface area (Å²) in [6.45, 7) is 0. The number of nitrogens with zero attached hydrogens (tertiary/aromatic N) is 3. The molecule has 3 nitrogen and oxygen atoms in total. The molecule has 7 rings (SSSR count). The molecule has 0 spiro atoms. The third-order valence-corrected chi connectivity index (χ3v) is 7.05. The Morgan fingerprint density at radius 2 is 1.14 bits per heavy atom. The number of fused-ring (bicyclic) bond motifs is 5. The van der Waals surface area contributed by atoms with Crippen LogP contribution in [0.3, 0.4) is 0 Å². The zero-order chi connectivity index (χ0) is 23.4. The fraction of sp³-hybridized carbons (Fsp3) is 0. The van der Waals surface area contributed by atoms with Crippen LogP contribution in [0.15, 0.2) is 126 Å². The first-order valence-electron chi connectivity index (χ1n) is 11.6. The minimum atomic E-state index is 0.906. The van der Waals surface area contributed by atoms with Crippen molar-refractivity contribution in [2.45, 2.75) is 0 Å². The third kappa shape index (κ3) is 3.29. The summed E-state index contributed by atoms with van der Waals surface area (Å²) in [6, 6.07) is 42.7. The first-order chi connectivity index (χ1) is 17.3. The SMILES string of the molecule is Brc1ccc2c(c1)n(-c1cc(-c3ccccc3)cc(-c3ccccc3)c1)c1nc3ccccc3n21. The van der Waals surface area contributed by atoms with E-state index in [-0.39, 0.29) is 0 Å². The molecule has 0 saturated heterocycles. The second-order valence-electron chi connectivity index (χ2n) is 8.70. The Morgan fingerprint density at radius 3 is 1.83 bits per heavy atom. The summed E-state index contributed by atoms with van der Waals surface area (Å²) in [5, 5.41) is 0. The number of hydrogen-bond acceptors (Lipinski definition) is 1. The smallest absolute Gasteiger partial charge is 0.220 e. The van der Waals surface area contributed by atoms with E-state index in [1.807, 2.05) is 6.07 Å². The molecule has 7 aromatic rings. The van der Waals surface area contributed by atoms with Crippen LogP contribution in [0.25, 0.3) is 55.8 Å². The van der Waals surface area contributed by atoms with E-state index in [0.717, 1.165) is 38.0 Å². The largest absolute Gasteiger partial charge is 0.278 e. The molecule has 0 aliphatic carbocycles. The van der Waals surface area contributed by atoms with E-state index in [1.165, 1.54) is 22.3 Å². The number of para-hydroxylation sites is 2. The van der Waals surface area contributed by atoms with E-state index in [1.54, 1.807) is 0 Å². The fourth-order valence-electron chi connectivity index (χ4n) is 4.96. The molecule has 5 aromatic carbocycles. The molecule has 0 N–H and O–H groups in total. The van der Waals surface area contributed by atoms with Crippen molar-refractivity contribution in [3.05, 3.63) is 126 Å². The van der Waals surface area contributed by atoms with E-state index in [2.05, 4.69) is 140 Å². The Bertz CT molecular complexity index is 1790. The van der Waals surface area contributed by atoms with Crippen LogP contribution in [0.4, 0.5) is 0 Å². The molecule has 2 heterocycles. The van der Waals surface area contributed by atoms with Crippen LogP contribution in [-0.2, 0) is 0 Å². The van der Waals surface area contributed by atoms with Crippen LogP contribution < -0.4 is 0 Å². The summed E-state index contributed by atoms with van der Waals surface area (Å²) < 4.78 is 5.58. The Kier molecular flexibility index (Phi) is 4.61. The van der Waals surface area contributed by atoms with Crippen LogP contribution in [0.1, 0.15) is 0 Å². The summed E-state index contributed by atoms with van der Waals surface area (Å²) in [4.78, 5) is 5.07. The second kappa shape index (κ2) is 7.97. The van der Waals surface area contributed by atoms with Gasteiger partial charge in [0.15, 0.2) is 0 Å². The normalized spacial score (nSPS) is 11.6. The van der Waals surface area contributed by atoms with Gasteiger partial charge in [-0.3, -0.25) is 8.97 Å². The molecule has 2 aromatic heterocycles. The minimum absolute atomic E-state index is 0.906. The van der Waals surface area contributed by atoms with Crippen LogP contribution in [-0.4, -0.2) is 14.0 Å². The molecule has 0 bridgehead atoms. The summed E-state index contributed by atoms with van der Waals surface area (Å²) in [5.41, 5.74) is 10.1. The maximum atomic E-state index is 5.07. The summed E-state index contributed by atoms with van der Waals surface area (Å²) in [7, 11) is 0. The molecular formula is C31H20BrN3. The Labute approximate surface area is 211 Å². The number of rotatable bonds is 3. The van der Waals surface area contributed by atoms with Gasteiger partial charge in [0.1, 0.15) is 0 Å². The molecule has 35 heavy (non-hydrogen) atoms. The van der Waals surface area contributed by atoms with Crippen LogP contribution in [0.2, 0.25) is 0 Å². The Balaban J connectivity index is 1.60. The highest BCUT2D eigenvalue weighted by Gasteiger charge is 2.18. The van der Waals surface area contributed by atoms with Crippen molar-refractivity contribution < 1.29 is 0 Å². The van der Waals surface area contributed by atoms with E-state index < -0.39 is 0 Å². The van der Waals surface area contributed by atoms with Crippen molar-refractivity contribution in [2.24, 2.45) is 0 Å². The van der Waals surface area contributed by atoms with E-state index >= 15 is 0 Å². The monoisotopic (exact) mass is 513 g/mol. The van der Waals surface area contributed by atoms with Crippen molar-refractivity contribution in [1.29, 1.82) is 0 Å². The highest BCUT2D eigenvalue weighted by atomic mass is 79.9. The van der Waals surface area contributed by atoms with Gasteiger partial charge in [0.25, 0.3) is 0 Å². The van der Waals surface area contributed by atoms with Gasteiger partial charge in [-0.1, -0.05) is 88.7 Å². The fourth-order valence-corrected chi connectivity index (χ4v) is 5.31. The highest BCUT2D eigenvalue weighted by molar-refractivity contribution is 9.10. The van der Waals surface area contributed by atoms with Crippen LogP contribution >= 0.6 is 15.9 Å². The van der Waals surface area contributed by atoms with Crippen LogP contribution in [0.5, 0.6) is 0 Å². The first kappa shape index (κ1) is 20.2. The van der Waals surface area contributed by atoms with Gasteiger partial charge in [-0.25, -0.2) is 4.98 Å². The van der Waals surface area contributed by atoms with Gasteiger partial charge in [0.05, 0.1) is 27.8 Å². The minimum Gasteiger partial charge on any atom is -0.278 e. The highest BCUT2D eigenvalue weighted by Crippen LogP contribution is 2.35. The second-order valence-corrected chi connectivity index (χ2v) is 9.62. The average molecular weight is 514 g/mol. The Hall–Kier alpha value is -4.15. The van der Waals surface area contributed by atoms with Crippen molar-refractivity contribution >= 4 is 43.8 Å². The summed E-state index contributed by atoms with van der Waals surface area (Å²) in [6.07, 6.45) is 0. The standard InChI is InChI=1S/C31H20BrN3/c32-25-15-16-29-30(20-25)34(31-33-27-13-7-8-14-28(27)35(29)31)26-18-23(21-9-3-1-4-10-21)17-24(19-26)22-11-5-2-6-12-22/h1-20H. The topological polar surface area (TPSA) is 22.2 Å². The van der Waals surface area contributed by atoms with Crippen molar-refractivity contribution in [2.75, 3.05) is 0 Å². The molecule has 0 fully saturated rings. The molecule has 166 valence electrons. The van der Waals surface area contributed by atoms with E-state index in [4.69, 9.17) is 4.98 Å². The molecule has 0 saturated carbocycles. The number of halogens is 1. The van der Waals surface area contributed by atoms with Crippen molar-refractivity contribution in [3.8, 4) is 27.9 Å². The number of aromatic nitrogens is 3. The van der Waals surface area contributed by atoms with Gasteiger partial charge in [0.2, 0.25) is 5.78 Å². The molecule has 0 unspecified atom stereocenters. The van der Waals surface area contributed by atoms with Gasteiger partial charge >= 0.3 is 0 Å². The third-order valence-electron chi connectivity index (χ3n) is 6.55. The Morgan fingerprint density at radius 1 is 0.514 bits per heavy atom. The quantitative estimate of drug-likeness (QED) is 0.232. The molecular weight excluding hydrogens is 494 g/mol. The number of hydrogen-bond donors (Lipinski definition) is 0. The number of benzene rings is 5. The lowest BCUT2D eigenvalue weighted by molar-refractivity contribution is 1.11. The lowest BCUT2D eigenvalue weighted by Gasteiger charge is -2.13. The summed E-state index contributed by atoms with van der Waals surface area (Å²) >= 11 is 3.69. The molecule has 0 radical (unpaired) electrons. The van der Waals surface area contributed by atoms with Crippen LogP contribution in [0, 0.1) is 0 Å². The zero-order valence-electron chi connectivity index (χ0n) is 18.8. The molecule has 0 amide bonds. The molecule has 0 atom stereocenters. The van der Waals surface area contributed by atoms with Gasteiger partial charge in [-0.15, -0.1) is 0 Å². The lowest BCUT2D eigenvalue weighted by Crippen LogP contribution is -1.97. The molecule has 0 aliphatic heterocycles. The maximum Gasteiger partial charge on any atom is 0.220 e. The average Bonchev–Trinajstić information content (AvgIpc) is 3.43. The van der Waals surface area contributed by atoms with Gasteiger partial charge < -0.3 is 0 Å². The molecule has 0 aliphatic rings. The van der Waals surface area contributed by atoms with Crippen molar-refractivity contribution in [1.82, 2.24) is 14.0 Å². The maximum absolute atomic E-state index is 5.07.